The summed E-state index contributed by atoms with van der Waals surface area (Å²) in [4.78, 5) is 27.2. The molecule has 0 aliphatic rings. The molecule has 0 saturated carbocycles. The van der Waals surface area contributed by atoms with E-state index >= 15 is 0 Å². The number of hydrogen-bond donors (Lipinski definition) is 2. The summed E-state index contributed by atoms with van der Waals surface area (Å²) in [5.74, 6) is -0.770. The Morgan fingerprint density at radius 2 is 2.00 bits per heavy atom. The number of rotatable bonds is 4. The number of H-pyrrole nitrogens is 1. The molecule has 0 saturated heterocycles. The first-order chi connectivity index (χ1) is 12.3. The number of nitrogens with zero attached hydrogens (tertiary/aromatic N) is 2. The predicted octanol–water partition coefficient (Wildman–Crippen LogP) is 3.01. The fraction of sp³-hybridized carbons (Fsp3) is 0.167. The van der Waals surface area contributed by atoms with E-state index in [0.717, 1.165) is 11.3 Å². The maximum Gasteiger partial charge on any atom is 0.273 e. The van der Waals surface area contributed by atoms with Crippen molar-refractivity contribution >= 4 is 21.8 Å². The minimum Gasteiger partial charge on any atom is -0.346 e. The molecular weight excluding hydrogens is 403 g/mol. The largest absolute Gasteiger partial charge is 0.346 e. The molecule has 2 N–H and O–H groups in total. The Labute approximate surface area is 157 Å². The first-order valence-corrected chi connectivity index (χ1v) is 8.63. The third-order valence-electron chi connectivity index (χ3n) is 3.90. The molecule has 1 aromatic carbocycles. The van der Waals surface area contributed by atoms with Crippen molar-refractivity contribution in [2.24, 2.45) is 0 Å². The lowest BCUT2D eigenvalue weighted by Gasteiger charge is -2.07. The van der Waals surface area contributed by atoms with E-state index in [9.17, 15) is 14.0 Å². The molecule has 1 amide bonds. The maximum absolute atomic E-state index is 13.0. The number of amides is 1. The molecule has 0 aliphatic carbocycles. The summed E-state index contributed by atoms with van der Waals surface area (Å²) in [6, 6.07) is 7.60. The second-order valence-corrected chi connectivity index (χ2v) is 6.73. The molecule has 0 aliphatic heterocycles. The summed E-state index contributed by atoms with van der Waals surface area (Å²) in [6.45, 7) is 3.72. The second-order valence-electron chi connectivity index (χ2n) is 5.87. The zero-order chi connectivity index (χ0) is 18.8. The van der Waals surface area contributed by atoms with Gasteiger partial charge in [0.25, 0.3) is 11.5 Å². The molecule has 0 radical (unpaired) electrons. The minimum atomic E-state index is -0.419. The number of carbonyl (C=O) groups is 1. The molecule has 2 aromatic heterocycles. The number of benzene rings is 1. The summed E-state index contributed by atoms with van der Waals surface area (Å²) in [7, 11) is 0. The zero-order valence-electron chi connectivity index (χ0n) is 14.1. The topological polar surface area (TPSA) is 79.8 Å². The van der Waals surface area contributed by atoms with Crippen molar-refractivity contribution in [1.29, 1.82) is 0 Å². The van der Waals surface area contributed by atoms with Crippen LogP contribution in [-0.2, 0) is 6.54 Å². The highest BCUT2D eigenvalue weighted by Crippen LogP contribution is 2.18. The molecule has 0 bridgehead atoms. The number of nitrogens with one attached hydrogen (secondary N) is 2. The number of pyridine rings is 1. The molecule has 0 atom stereocenters. The summed E-state index contributed by atoms with van der Waals surface area (Å²) in [5, 5.41) is 6.94. The molecule has 3 rings (SSSR count). The van der Waals surface area contributed by atoms with Gasteiger partial charge in [-0.2, -0.15) is 5.10 Å². The Bertz CT molecular complexity index is 1020. The monoisotopic (exact) mass is 418 g/mol. The van der Waals surface area contributed by atoms with Gasteiger partial charge in [0.15, 0.2) is 5.69 Å². The van der Waals surface area contributed by atoms with E-state index < -0.39 is 5.91 Å². The first kappa shape index (κ1) is 18.1. The highest BCUT2D eigenvalue weighted by Gasteiger charge is 2.17. The summed E-state index contributed by atoms with van der Waals surface area (Å²) in [6.07, 6.45) is 1.62. The van der Waals surface area contributed by atoms with Gasteiger partial charge in [-0.15, -0.1) is 0 Å². The molecule has 2 heterocycles. The summed E-state index contributed by atoms with van der Waals surface area (Å²) < 4.78 is 15.0. The van der Waals surface area contributed by atoms with Gasteiger partial charge in [0.05, 0.1) is 10.2 Å². The molecule has 0 fully saturated rings. The molecule has 134 valence electrons. The van der Waals surface area contributed by atoms with Gasteiger partial charge in [0, 0.05) is 24.0 Å². The lowest BCUT2D eigenvalue weighted by Crippen LogP contribution is -2.28. The lowest BCUT2D eigenvalue weighted by molar-refractivity contribution is 0.0944. The molecule has 8 heteroatoms. The van der Waals surface area contributed by atoms with Gasteiger partial charge in [0.2, 0.25) is 0 Å². The van der Waals surface area contributed by atoms with Crippen molar-refractivity contribution in [1.82, 2.24) is 20.1 Å². The number of aromatic amines is 1. The van der Waals surface area contributed by atoms with Crippen molar-refractivity contribution in [3.05, 3.63) is 79.7 Å². The number of halogens is 2. The van der Waals surface area contributed by atoms with Crippen LogP contribution >= 0.6 is 15.9 Å². The van der Waals surface area contributed by atoms with Crippen LogP contribution in [0.2, 0.25) is 0 Å². The maximum atomic E-state index is 13.0. The van der Waals surface area contributed by atoms with Crippen molar-refractivity contribution in [3.8, 4) is 5.69 Å². The van der Waals surface area contributed by atoms with Crippen LogP contribution in [-0.4, -0.2) is 20.7 Å². The van der Waals surface area contributed by atoms with E-state index in [2.05, 4.69) is 31.3 Å². The standard InChI is InChI=1S/C18H16BrFN4O2/c1-10-7-11(2)22-17(25)14(10)8-21-18(26)16-15(19)9-24(23-16)13-5-3-12(20)4-6-13/h3-7,9H,8H2,1-2H3,(H,21,26)(H,22,25). The summed E-state index contributed by atoms with van der Waals surface area (Å²) in [5.41, 5.74) is 2.65. The second kappa shape index (κ2) is 7.25. The van der Waals surface area contributed by atoms with Gasteiger partial charge < -0.3 is 10.3 Å². The van der Waals surface area contributed by atoms with Crippen LogP contribution < -0.4 is 10.9 Å². The van der Waals surface area contributed by atoms with E-state index in [4.69, 9.17) is 0 Å². The average Bonchev–Trinajstić information content (AvgIpc) is 2.96. The molecule has 26 heavy (non-hydrogen) atoms. The van der Waals surface area contributed by atoms with E-state index in [-0.39, 0.29) is 23.6 Å². The normalized spacial score (nSPS) is 10.8. The van der Waals surface area contributed by atoms with Gasteiger partial charge >= 0.3 is 0 Å². The summed E-state index contributed by atoms with van der Waals surface area (Å²) >= 11 is 3.31. The van der Waals surface area contributed by atoms with Crippen molar-refractivity contribution in [2.45, 2.75) is 20.4 Å². The van der Waals surface area contributed by atoms with Crippen LogP contribution in [0.3, 0.4) is 0 Å². The third kappa shape index (κ3) is 3.75. The third-order valence-corrected chi connectivity index (χ3v) is 4.48. The Morgan fingerprint density at radius 1 is 1.31 bits per heavy atom. The Hall–Kier alpha value is -2.74. The number of aryl methyl sites for hydroxylation is 2. The Morgan fingerprint density at radius 3 is 2.65 bits per heavy atom. The van der Waals surface area contributed by atoms with Crippen molar-refractivity contribution in [2.75, 3.05) is 0 Å². The predicted molar refractivity (Wildman–Crippen MR) is 98.9 cm³/mol. The molecular formula is C18H16BrFN4O2. The van der Waals surface area contributed by atoms with Crippen molar-refractivity contribution in [3.63, 3.8) is 0 Å². The minimum absolute atomic E-state index is 0.0934. The number of hydrogen-bond acceptors (Lipinski definition) is 3. The fourth-order valence-corrected chi connectivity index (χ4v) is 3.04. The van der Waals surface area contributed by atoms with E-state index in [1.807, 2.05) is 13.0 Å². The van der Waals surface area contributed by atoms with Crippen LogP contribution in [0.15, 0.2) is 45.8 Å². The Kier molecular flexibility index (Phi) is 5.03. The van der Waals surface area contributed by atoms with Gasteiger partial charge in [-0.05, 0) is 65.7 Å². The SMILES string of the molecule is Cc1cc(C)c(CNC(=O)c2nn(-c3ccc(F)cc3)cc2Br)c(=O)[nH]1. The first-order valence-electron chi connectivity index (χ1n) is 7.84. The van der Waals surface area contributed by atoms with Crippen LogP contribution in [0.5, 0.6) is 0 Å². The van der Waals surface area contributed by atoms with Crippen LogP contribution in [0.1, 0.15) is 27.3 Å². The quantitative estimate of drug-likeness (QED) is 0.683. The van der Waals surface area contributed by atoms with Gasteiger partial charge in [-0.25, -0.2) is 9.07 Å². The number of aromatic nitrogens is 3. The lowest BCUT2D eigenvalue weighted by atomic mass is 10.1. The smallest absolute Gasteiger partial charge is 0.273 e. The van der Waals surface area contributed by atoms with Crippen molar-refractivity contribution < 1.29 is 9.18 Å². The number of carbonyl (C=O) groups excluding carboxylic acids is 1. The molecule has 0 unspecified atom stereocenters. The fourth-order valence-electron chi connectivity index (χ4n) is 2.59. The molecule has 0 spiro atoms. The van der Waals surface area contributed by atoms with Crippen LogP contribution in [0.4, 0.5) is 4.39 Å². The van der Waals surface area contributed by atoms with Gasteiger partial charge in [0.1, 0.15) is 5.82 Å². The van der Waals surface area contributed by atoms with E-state index in [1.54, 1.807) is 25.3 Å². The zero-order valence-corrected chi connectivity index (χ0v) is 15.7. The molecule has 3 aromatic rings. The van der Waals surface area contributed by atoms with Crippen LogP contribution in [0, 0.1) is 19.7 Å². The van der Waals surface area contributed by atoms with Crippen LogP contribution in [0.25, 0.3) is 5.69 Å². The van der Waals surface area contributed by atoms with E-state index in [0.29, 0.717) is 15.7 Å². The van der Waals surface area contributed by atoms with E-state index in [1.165, 1.54) is 16.8 Å². The van der Waals surface area contributed by atoms with Gasteiger partial charge in [-0.1, -0.05) is 0 Å². The highest BCUT2D eigenvalue weighted by molar-refractivity contribution is 9.10. The average molecular weight is 419 g/mol. The highest BCUT2D eigenvalue weighted by atomic mass is 79.9. The van der Waals surface area contributed by atoms with Gasteiger partial charge in [-0.3, -0.25) is 9.59 Å². The Balaban J connectivity index is 1.79. The molecule has 6 nitrogen and oxygen atoms in total.